The first-order chi connectivity index (χ1) is 9.13. The van der Waals surface area contributed by atoms with Gasteiger partial charge >= 0.3 is 0 Å². The van der Waals surface area contributed by atoms with Gasteiger partial charge in [0, 0.05) is 16.6 Å². The van der Waals surface area contributed by atoms with Crippen LogP contribution in [0.5, 0.6) is 0 Å². The molecule has 0 bridgehead atoms. The average molecular weight is 284 g/mol. The lowest BCUT2D eigenvalue weighted by atomic mass is 9.73. The SMILES string of the molecule is CCC1CCCCC1C(N)Cc1c(F)cccc1Cl. The number of halogens is 2. The average Bonchev–Trinajstić information content (AvgIpc) is 2.42. The van der Waals surface area contributed by atoms with Crippen LogP contribution in [0.1, 0.15) is 44.6 Å². The molecule has 3 atom stereocenters. The lowest BCUT2D eigenvalue weighted by molar-refractivity contribution is 0.194. The van der Waals surface area contributed by atoms with E-state index in [0.717, 1.165) is 0 Å². The minimum absolute atomic E-state index is 0.0136. The van der Waals surface area contributed by atoms with Crippen molar-refractivity contribution in [1.29, 1.82) is 0 Å². The normalized spacial score (nSPS) is 25.3. The fourth-order valence-corrected chi connectivity index (χ4v) is 3.66. The Bertz CT molecular complexity index is 401. The van der Waals surface area contributed by atoms with E-state index in [4.69, 9.17) is 17.3 Å². The van der Waals surface area contributed by atoms with Gasteiger partial charge in [0.1, 0.15) is 5.82 Å². The van der Waals surface area contributed by atoms with Gasteiger partial charge in [-0.3, -0.25) is 0 Å². The monoisotopic (exact) mass is 283 g/mol. The molecule has 1 aliphatic rings. The van der Waals surface area contributed by atoms with Gasteiger partial charge in [-0.05, 0) is 36.8 Å². The van der Waals surface area contributed by atoms with E-state index in [1.54, 1.807) is 12.1 Å². The molecule has 0 aliphatic heterocycles. The van der Waals surface area contributed by atoms with Gasteiger partial charge in [-0.1, -0.05) is 50.3 Å². The van der Waals surface area contributed by atoms with E-state index < -0.39 is 0 Å². The van der Waals surface area contributed by atoms with Crippen molar-refractivity contribution < 1.29 is 4.39 Å². The summed E-state index contributed by atoms with van der Waals surface area (Å²) in [5.41, 5.74) is 6.94. The lowest BCUT2D eigenvalue weighted by Gasteiger charge is -2.35. The van der Waals surface area contributed by atoms with Crippen molar-refractivity contribution in [1.82, 2.24) is 0 Å². The maximum absolute atomic E-state index is 13.8. The van der Waals surface area contributed by atoms with E-state index in [-0.39, 0.29) is 11.9 Å². The summed E-state index contributed by atoms with van der Waals surface area (Å²) in [6, 6.07) is 4.86. The second kappa shape index (κ2) is 6.71. The predicted molar refractivity (Wildman–Crippen MR) is 78.8 cm³/mol. The Kier molecular flexibility index (Phi) is 5.23. The van der Waals surface area contributed by atoms with Crippen LogP contribution in [0.15, 0.2) is 18.2 Å². The summed E-state index contributed by atoms with van der Waals surface area (Å²) in [5.74, 6) is 0.968. The number of benzene rings is 1. The summed E-state index contributed by atoms with van der Waals surface area (Å²) >= 11 is 6.09. The molecule has 0 radical (unpaired) electrons. The summed E-state index contributed by atoms with van der Waals surface area (Å²) in [6.07, 6.45) is 6.71. The number of rotatable bonds is 4. The van der Waals surface area contributed by atoms with Gasteiger partial charge in [-0.2, -0.15) is 0 Å². The molecule has 106 valence electrons. The quantitative estimate of drug-likeness (QED) is 0.861. The molecule has 0 amide bonds. The van der Waals surface area contributed by atoms with Crippen LogP contribution in [0.4, 0.5) is 4.39 Å². The smallest absolute Gasteiger partial charge is 0.127 e. The summed E-state index contributed by atoms with van der Waals surface area (Å²) < 4.78 is 13.8. The molecule has 0 saturated heterocycles. The van der Waals surface area contributed by atoms with Gasteiger partial charge in [0.05, 0.1) is 0 Å². The van der Waals surface area contributed by atoms with Gasteiger partial charge in [-0.15, -0.1) is 0 Å². The van der Waals surface area contributed by atoms with Crippen LogP contribution < -0.4 is 5.73 Å². The van der Waals surface area contributed by atoms with Crippen molar-refractivity contribution >= 4 is 11.6 Å². The molecule has 1 aliphatic carbocycles. The van der Waals surface area contributed by atoms with E-state index in [2.05, 4.69) is 6.92 Å². The fraction of sp³-hybridized carbons (Fsp3) is 0.625. The minimum atomic E-state index is -0.230. The second-order valence-electron chi connectivity index (χ2n) is 5.68. The molecule has 3 heteroatoms. The molecule has 1 aromatic carbocycles. The number of hydrogen-bond acceptors (Lipinski definition) is 1. The van der Waals surface area contributed by atoms with Gasteiger partial charge in [0.25, 0.3) is 0 Å². The summed E-state index contributed by atoms with van der Waals surface area (Å²) in [6.45, 7) is 2.23. The highest BCUT2D eigenvalue weighted by atomic mass is 35.5. The molecule has 0 heterocycles. The minimum Gasteiger partial charge on any atom is -0.327 e. The highest BCUT2D eigenvalue weighted by molar-refractivity contribution is 6.31. The molecular formula is C16H23ClFN. The summed E-state index contributed by atoms with van der Waals surface area (Å²) in [4.78, 5) is 0. The maximum Gasteiger partial charge on any atom is 0.127 e. The zero-order valence-corrected chi connectivity index (χ0v) is 12.3. The number of hydrogen-bond donors (Lipinski definition) is 1. The zero-order chi connectivity index (χ0) is 13.8. The van der Waals surface area contributed by atoms with Crippen LogP contribution in [0.2, 0.25) is 5.02 Å². The summed E-state index contributed by atoms with van der Waals surface area (Å²) in [7, 11) is 0. The van der Waals surface area contributed by atoms with Crippen LogP contribution >= 0.6 is 11.6 Å². The first kappa shape index (κ1) is 14.8. The third kappa shape index (κ3) is 3.49. The zero-order valence-electron chi connectivity index (χ0n) is 11.5. The Hall–Kier alpha value is -0.600. The van der Waals surface area contributed by atoms with Gasteiger partial charge in [-0.25, -0.2) is 4.39 Å². The molecule has 19 heavy (non-hydrogen) atoms. The van der Waals surface area contributed by atoms with E-state index in [1.165, 1.54) is 38.2 Å². The van der Waals surface area contributed by atoms with Crippen molar-refractivity contribution in [3.8, 4) is 0 Å². The molecule has 1 nitrogen and oxygen atoms in total. The number of nitrogens with two attached hydrogens (primary N) is 1. The van der Waals surface area contributed by atoms with Crippen molar-refractivity contribution in [3.63, 3.8) is 0 Å². The first-order valence-corrected chi connectivity index (χ1v) is 7.69. The summed E-state index contributed by atoms with van der Waals surface area (Å²) in [5, 5.41) is 0.499. The molecular weight excluding hydrogens is 261 g/mol. The van der Waals surface area contributed by atoms with E-state index >= 15 is 0 Å². The Labute approximate surface area is 120 Å². The van der Waals surface area contributed by atoms with E-state index in [0.29, 0.717) is 28.8 Å². The van der Waals surface area contributed by atoms with E-state index in [9.17, 15) is 4.39 Å². The van der Waals surface area contributed by atoms with Crippen molar-refractivity contribution in [3.05, 3.63) is 34.6 Å². The van der Waals surface area contributed by atoms with E-state index in [1.807, 2.05) is 0 Å². The van der Waals surface area contributed by atoms with Crippen LogP contribution in [-0.2, 0) is 6.42 Å². The first-order valence-electron chi connectivity index (χ1n) is 7.32. The second-order valence-corrected chi connectivity index (χ2v) is 6.09. The molecule has 2 N–H and O–H groups in total. The van der Waals surface area contributed by atoms with Crippen LogP contribution in [0, 0.1) is 17.7 Å². The van der Waals surface area contributed by atoms with Gasteiger partial charge in [0.2, 0.25) is 0 Å². The Balaban J connectivity index is 2.09. The van der Waals surface area contributed by atoms with Crippen molar-refractivity contribution in [2.75, 3.05) is 0 Å². The van der Waals surface area contributed by atoms with Gasteiger partial charge < -0.3 is 5.73 Å². The van der Waals surface area contributed by atoms with Crippen LogP contribution in [0.3, 0.4) is 0 Å². The standard InChI is InChI=1S/C16H23ClFN/c1-2-11-6-3-4-7-12(11)16(19)10-13-14(17)8-5-9-15(13)18/h5,8-9,11-12,16H,2-4,6-7,10,19H2,1H3. The maximum atomic E-state index is 13.8. The van der Waals surface area contributed by atoms with Gasteiger partial charge in [0.15, 0.2) is 0 Å². The Morgan fingerprint density at radius 2 is 2.11 bits per heavy atom. The molecule has 2 rings (SSSR count). The largest absolute Gasteiger partial charge is 0.327 e. The molecule has 1 saturated carbocycles. The predicted octanol–water partition coefficient (Wildman–Crippen LogP) is 4.57. The third-order valence-electron chi connectivity index (χ3n) is 4.54. The fourth-order valence-electron chi connectivity index (χ4n) is 3.42. The topological polar surface area (TPSA) is 26.0 Å². The highest BCUT2D eigenvalue weighted by Crippen LogP contribution is 2.35. The molecule has 1 fully saturated rings. The molecule has 1 aromatic rings. The molecule has 0 spiro atoms. The van der Waals surface area contributed by atoms with Crippen LogP contribution in [-0.4, -0.2) is 6.04 Å². The van der Waals surface area contributed by atoms with Crippen molar-refractivity contribution in [2.45, 2.75) is 51.5 Å². The Morgan fingerprint density at radius 3 is 2.79 bits per heavy atom. The molecule has 3 unspecified atom stereocenters. The molecule has 0 aromatic heterocycles. The highest BCUT2D eigenvalue weighted by Gasteiger charge is 2.29. The third-order valence-corrected chi connectivity index (χ3v) is 4.90. The van der Waals surface area contributed by atoms with Crippen LogP contribution in [0.25, 0.3) is 0 Å². The lowest BCUT2D eigenvalue weighted by Crippen LogP contribution is -2.38. The van der Waals surface area contributed by atoms with Crippen molar-refractivity contribution in [2.24, 2.45) is 17.6 Å². The Morgan fingerprint density at radius 1 is 1.37 bits per heavy atom.